The molecule has 0 aliphatic heterocycles. The van der Waals surface area contributed by atoms with Crippen molar-refractivity contribution in [1.29, 1.82) is 0 Å². The SMILES string of the molecule is O=C(COC(=O)c1ccc2ccccc2n1)Nc1ccc(F)cc1. The summed E-state index contributed by atoms with van der Waals surface area (Å²) in [7, 11) is 0. The van der Waals surface area contributed by atoms with Gasteiger partial charge in [0.2, 0.25) is 0 Å². The molecule has 3 rings (SSSR count). The van der Waals surface area contributed by atoms with E-state index in [4.69, 9.17) is 4.74 Å². The van der Waals surface area contributed by atoms with Gasteiger partial charge in [0.15, 0.2) is 6.61 Å². The second-order valence-corrected chi connectivity index (χ2v) is 5.02. The molecular formula is C18H13FN2O3. The van der Waals surface area contributed by atoms with Crippen molar-refractivity contribution in [1.82, 2.24) is 4.98 Å². The van der Waals surface area contributed by atoms with Crippen molar-refractivity contribution < 1.29 is 18.7 Å². The van der Waals surface area contributed by atoms with Gasteiger partial charge in [0.05, 0.1) is 5.52 Å². The van der Waals surface area contributed by atoms with Gasteiger partial charge in [0.25, 0.3) is 5.91 Å². The zero-order chi connectivity index (χ0) is 16.9. The van der Waals surface area contributed by atoms with Crippen LogP contribution in [0.15, 0.2) is 60.7 Å². The van der Waals surface area contributed by atoms with E-state index in [0.717, 1.165) is 5.39 Å². The van der Waals surface area contributed by atoms with Crippen LogP contribution >= 0.6 is 0 Å². The Balaban J connectivity index is 1.59. The number of aromatic nitrogens is 1. The molecule has 0 bridgehead atoms. The molecule has 3 aromatic rings. The Morgan fingerprint density at radius 1 is 1.00 bits per heavy atom. The zero-order valence-corrected chi connectivity index (χ0v) is 12.5. The monoisotopic (exact) mass is 324 g/mol. The van der Waals surface area contributed by atoms with Gasteiger partial charge in [-0.3, -0.25) is 4.79 Å². The number of hydrogen-bond acceptors (Lipinski definition) is 4. The molecule has 0 saturated carbocycles. The molecule has 6 heteroatoms. The van der Waals surface area contributed by atoms with Gasteiger partial charge in [-0.2, -0.15) is 0 Å². The third kappa shape index (κ3) is 3.73. The highest BCUT2D eigenvalue weighted by Crippen LogP contribution is 2.12. The number of fused-ring (bicyclic) bond motifs is 1. The number of carbonyl (C=O) groups is 2. The van der Waals surface area contributed by atoms with Crippen molar-refractivity contribution in [2.75, 3.05) is 11.9 Å². The van der Waals surface area contributed by atoms with E-state index in [0.29, 0.717) is 11.2 Å². The topological polar surface area (TPSA) is 68.3 Å². The fraction of sp³-hybridized carbons (Fsp3) is 0.0556. The summed E-state index contributed by atoms with van der Waals surface area (Å²) in [4.78, 5) is 27.9. The van der Waals surface area contributed by atoms with Crippen LogP contribution in [0.3, 0.4) is 0 Å². The molecule has 24 heavy (non-hydrogen) atoms. The van der Waals surface area contributed by atoms with Gasteiger partial charge in [-0.1, -0.05) is 24.3 Å². The maximum Gasteiger partial charge on any atom is 0.357 e. The maximum atomic E-state index is 12.8. The average Bonchev–Trinajstić information content (AvgIpc) is 2.61. The highest BCUT2D eigenvalue weighted by Gasteiger charge is 2.12. The number of ether oxygens (including phenoxy) is 1. The molecule has 5 nitrogen and oxygen atoms in total. The molecule has 0 unspecified atom stereocenters. The van der Waals surface area contributed by atoms with Crippen molar-refractivity contribution in [3.8, 4) is 0 Å². The standard InChI is InChI=1S/C18H13FN2O3/c19-13-6-8-14(9-7-13)20-17(22)11-24-18(23)16-10-5-12-3-1-2-4-15(12)21-16/h1-10H,11H2,(H,20,22). The number of para-hydroxylation sites is 1. The van der Waals surface area contributed by atoms with Crippen molar-refractivity contribution in [2.45, 2.75) is 0 Å². The number of pyridine rings is 1. The minimum atomic E-state index is -0.685. The van der Waals surface area contributed by atoms with Crippen molar-refractivity contribution in [3.63, 3.8) is 0 Å². The number of nitrogens with zero attached hydrogens (tertiary/aromatic N) is 1. The lowest BCUT2D eigenvalue weighted by molar-refractivity contribution is -0.119. The third-order valence-electron chi connectivity index (χ3n) is 3.27. The summed E-state index contributed by atoms with van der Waals surface area (Å²) in [5, 5.41) is 3.41. The predicted octanol–water partition coefficient (Wildman–Crippen LogP) is 3.17. The Kier molecular flexibility index (Phi) is 4.47. The number of rotatable bonds is 4. The van der Waals surface area contributed by atoms with Crippen LogP contribution in [0.4, 0.5) is 10.1 Å². The summed E-state index contributed by atoms with van der Waals surface area (Å²) in [5.74, 6) is -1.60. The Hall–Kier alpha value is -3.28. The Labute approximate surface area is 137 Å². The van der Waals surface area contributed by atoms with E-state index in [-0.39, 0.29) is 5.69 Å². The smallest absolute Gasteiger partial charge is 0.357 e. The summed E-state index contributed by atoms with van der Waals surface area (Å²) in [5.41, 5.74) is 1.22. The van der Waals surface area contributed by atoms with Gasteiger partial charge >= 0.3 is 5.97 Å². The number of hydrogen-bond donors (Lipinski definition) is 1. The van der Waals surface area contributed by atoms with Crippen molar-refractivity contribution in [2.24, 2.45) is 0 Å². The summed E-state index contributed by atoms with van der Waals surface area (Å²) in [6, 6.07) is 15.9. The van der Waals surface area contributed by atoms with Gasteiger partial charge in [-0.15, -0.1) is 0 Å². The highest BCUT2D eigenvalue weighted by molar-refractivity contribution is 5.95. The average molecular weight is 324 g/mol. The van der Waals surface area contributed by atoms with Gasteiger partial charge in [0, 0.05) is 11.1 Å². The van der Waals surface area contributed by atoms with E-state index in [2.05, 4.69) is 10.3 Å². The van der Waals surface area contributed by atoms with Crippen LogP contribution in [-0.2, 0) is 9.53 Å². The Morgan fingerprint density at radius 2 is 1.75 bits per heavy atom. The second-order valence-electron chi connectivity index (χ2n) is 5.02. The van der Waals surface area contributed by atoms with E-state index in [1.54, 1.807) is 18.2 Å². The van der Waals surface area contributed by atoms with E-state index >= 15 is 0 Å². The predicted molar refractivity (Wildman–Crippen MR) is 87.1 cm³/mol. The molecule has 0 saturated heterocycles. The minimum Gasteiger partial charge on any atom is -0.451 e. The molecule has 1 N–H and O–H groups in total. The maximum absolute atomic E-state index is 12.8. The number of nitrogens with one attached hydrogen (secondary N) is 1. The molecule has 1 aromatic heterocycles. The summed E-state index contributed by atoms with van der Waals surface area (Å²) >= 11 is 0. The van der Waals surface area contributed by atoms with Gasteiger partial charge in [-0.25, -0.2) is 14.2 Å². The van der Waals surface area contributed by atoms with E-state index < -0.39 is 24.3 Å². The molecule has 0 fully saturated rings. The molecule has 0 aliphatic rings. The molecule has 0 atom stereocenters. The molecule has 0 radical (unpaired) electrons. The first kappa shape index (κ1) is 15.6. The van der Waals surface area contributed by atoms with E-state index in [9.17, 15) is 14.0 Å². The van der Waals surface area contributed by atoms with E-state index in [1.807, 2.05) is 18.2 Å². The van der Waals surface area contributed by atoms with Crippen LogP contribution < -0.4 is 5.32 Å². The number of halogens is 1. The molecule has 0 aliphatic carbocycles. The molecule has 1 amide bonds. The molecule has 1 heterocycles. The number of carbonyl (C=O) groups excluding carboxylic acids is 2. The van der Waals surface area contributed by atoms with Crippen molar-refractivity contribution >= 4 is 28.5 Å². The summed E-state index contributed by atoms with van der Waals surface area (Å²) in [6.07, 6.45) is 0. The fourth-order valence-electron chi connectivity index (χ4n) is 2.12. The highest BCUT2D eigenvalue weighted by atomic mass is 19.1. The van der Waals surface area contributed by atoms with E-state index in [1.165, 1.54) is 24.3 Å². The van der Waals surface area contributed by atoms with Crippen LogP contribution in [0.5, 0.6) is 0 Å². The van der Waals surface area contributed by atoms with Gasteiger partial charge in [-0.05, 0) is 36.4 Å². The normalized spacial score (nSPS) is 10.4. The second kappa shape index (κ2) is 6.87. The summed E-state index contributed by atoms with van der Waals surface area (Å²) in [6.45, 7) is -0.454. The number of benzene rings is 2. The molecule has 2 aromatic carbocycles. The Morgan fingerprint density at radius 3 is 2.54 bits per heavy atom. The molecule has 120 valence electrons. The first-order valence-corrected chi connectivity index (χ1v) is 7.20. The van der Waals surface area contributed by atoms with Gasteiger partial charge in [0.1, 0.15) is 11.5 Å². The number of anilines is 1. The van der Waals surface area contributed by atoms with Crippen LogP contribution in [0.1, 0.15) is 10.5 Å². The first-order valence-electron chi connectivity index (χ1n) is 7.20. The van der Waals surface area contributed by atoms with Crippen LogP contribution in [0.25, 0.3) is 10.9 Å². The molecular weight excluding hydrogens is 311 g/mol. The largest absolute Gasteiger partial charge is 0.451 e. The third-order valence-corrected chi connectivity index (χ3v) is 3.27. The lowest BCUT2D eigenvalue weighted by Crippen LogP contribution is -2.21. The fourth-order valence-corrected chi connectivity index (χ4v) is 2.12. The Bertz CT molecular complexity index is 894. The minimum absolute atomic E-state index is 0.128. The van der Waals surface area contributed by atoms with Crippen LogP contribution in [-0.4, -0.2) is 23.5 Å². The van der Waals surface area contributed by atoms with Crippen LogP contribution in [0.2, 0.25) is 0 Å². The van der Waals surface area contributed by atoms with Crippen molar-refractivity contribution in [3.05, 3.63) is 72.2 Å². The van der Waals surface area contributed by atoms with Gasteiger partial charge < -0.3 is 10.1 Å². The summed E-state index contributed by atoms with van der Waals surface area (Å²) < 4.78 is 17.7. The number of esters is 1. The lowest BCUT2D eigenvalue weighted by Gasteiger charge is -2.07. The van der Waals surface area contributed by atoms with Crippen LogP contribution in [0, 0.1) is 5.82 Å². The quantitative estimate of drug-likeness (QED) is 0.749. The zero-order valence-electron chi connectivity index (χ0n) is 12.5. The first-order chi connectivity index (χ1) is 11.6. The lowest BCUT2D eigenvalue weighted by atomic mass is 10.2. The molecule has 0 spiro atoms. The number of amides is 1.